The van der Waals surface area contributed by atoms with E-state index >= 15 is 0 Å². The largest absolute Gasteiger partial charge is 0.375 e. The number of carbonyl (C=O) groups is 2. The molecule has 1 amide bonds. The second-order valence-corrected chi connectivity index (χ2v) is 4.47. The van der Waals surface area contributed by atoms with Gasteiger partial charge in [-0.2, -0.15) is 0 Å². The molecular formula is C12H14BrNO3. The van der Waals surface area contributed by atoms with Gasteiger partial charge in [0.05, 0.1) is 6.54 Å². The van der Waals surface area contributed by atoms with Crippen LogP contribution < -0.4 is 5.32 Å². The lowest BCUT2D eigenvalue weighted by molar-refractivity contribution is -0.127. The first-order chi connectivity index (χ1) is 8.11. The molecule has 1 aromatic rings. The van der Waals surface area contributed by atoms with Crippen molar-refractivity contribution >= 4 is 27.6 Å². The van der Waals surface area contributed by atoms with E-state index in [0.29, 0.717) is 6.42 Å². The summed E-state index contributed by atoms with van der Waals surface area (Å²) in [5.41, 5.74) is 0.930. The molecule has 1 rings (SSSR count). The lowest BCUT2D eigenvalue weighted by Crippen LogP contribution is -2.32. The molecule has 0 aliphatic heterocycles. The molecule has 1 N–H and O–H groups in total. The van der Waals surface area contributed by atoms with Crippen LogP contribution in [0, 0.1) is 0 Å². The molecule has 0 aliphatic carbocycles. The zero-order valence-electron chi connectivity index (χ0n) is 9.53. The molecule has 0 heterocycles. The highest BCUT2D eigenvalue weighted by Crippen LogP contribution is 2.10. The van der Waals surface area contributed by atoms with Crippen molar-refractivity contribution in [1.82, 2.24) is 5.32 Å². The Morgan fingerprint density at radius 1 is 1.29 bits per heavy atom. The third kappa shape index (κ3) is 5.60. The Morgan fingerprint density at radius 3 is 2.53 bits per heavy atom. The van der Waals surface area contributed by atoms with Crippen LogP contribution in [0.25, 0.3) is 0 Å². The average Bonchev–Trinajstić information content (AvgIpc) is 2.30. The SMILES string of the molecule is COCC(=O)NCC(=O)Cc1ccc(Br)cc1. The Balaban J connectivity index is 2.34. The molecule has 5 heteroatoms. The van der Waals surface area contributed by atoms with Crippen molar-refractivity contribution in [3.63, 3.8) is 0 Å². The van der Waals surface area contributed by atoms with Crippen LogP contribution in [0.3, 0.4) is 0 Å². The summed E-state index contributed by atoms with van der Waals surface area (Å²) < 4.78 is 5.61. The normalized spacial score (nSPS) is 10.0. The Bertz CT molecular complexity index is 389. The van der Waals surface area contributed by atoms with Crippen molar-refractivity contribution < 1.29 is 14.3 Å². The van der Waals surface area contributed by atoms with Crippen LogP contribution >= 0.6 is 15.9 Å². The van der Waals surface area contributed by atoms with E-state index < -0.39 is 0 Å². The van der Waals surface area contributed by atoms with Gasteiger partial charge in [0.15, 0.2) is 5.78 Å². The van der Waals surface area contributed by atoms with Crippen molar-refractivity contribution in [2.45, 2.75) is 6.42 Å². The van der Waals surface area contributed by atoms with Crippen LogP contribution in [0.2, 0.25) is 0 Å². The first kappa shape index (κ1) is 13.9. The maximum Gasteiger partial charge on any atom is 0.246 e. The summed E-state index contributed by atoms with van der Waals surface area (Å²) in [5, 5.41) is 2.49. The number of rotatable bonds is 6. The van der Waals surface area contributed by atoms with Crippen LogP contribution in [0.4, 0.5) is 0 Å². The molecular weight excluding hydrogens is 286 g/mol. The lowest BCUT2D eigenvalue weighted by Gasteiger charge is -2.04. The molecule has 0 saturated carbocycles. The van der Waals surface area contributed by atoms with Gasteiger partial charge in [0.1, 0.15) is 6.61 Å². The Morgan fingerprint density at radius 2 is 1.94 bits per heavy atom. The van der Waals surface area contributed by atoms with E-state index in [1.807, 2.05) is 24.3 Å². The first-order valence-electron chi connectivity index (χ1n) is 5.13. The number of halogens is 1. The molecule has 0 aromatic heterocycles. The molecule has 0 fully saturated rings. The second kappa shape index (κ2) is 7.19. The fourth-order valence-electron chi connectivity index (χ4n) is 1.27. The topological polar surface area (TPSA) is 55.4 Å². The third-order valence-corrected chi connectivity index (χ3v) is 2.60. The van der Waals surface area contributed by atoms with Gasteiger partial charge in [-0.1, -0.05) is 28.1 Å². The molecule has 92 valence electrons. The third-order valence-electron chi connectivity index (χ3n) is 2.07. The van der Waals surface area contributed by atoms with E-state index in [1.165, 1.54) is 7.11 Å². The van der Waals surface area contributed by atoms with E-state index in [1.54, 1.807) is 0 Å². The molecule has 17 heavy (non-hydrogen) atoms. The van der Waals surface area contributed by atoms with E-state index in [4.69, 9.17) is 0 Å². The zero-order valence-corrected chi connectivity index (χ0v) is 11.1. The number of Topliss-reactive ketones (excluding diaryl/α,β-unsaturated/α-hetero) is 1. The summed E-state index contributed by atoms with van der Waals surface area (Å²) in [6.45, 7) is 0.0177. The number of ether oxygens (including phenoxy) is 1. The molecule has 0 bridgehead atoms. The fourth-order valence-corrected chi connectivity index (χ4v) is 1.54. The van der Waals surface area contributed by atoms with Crippen molar-refractivity contribution in [3.8, 4) is 0 Å². The van der Waals surface area contributed by atoms with E-state index in [9.17, 15) is 9.59 Å². The highest BCUT2D eigenvalue weighted by Gasteiger charge is 2.06. The van der Waals surface area contributed by atoms with Crippen molar-refractivity contribution in [1.29, 1.82) is 0 Å². The van der Waals surface area contributed by atoms with Gasteiger partial charge >= 0.3 is 0 Å². The summed E-state index contributed by atoms with van der Waals surface area (Å²) in [4.78, 5) is 22.6. The summed E-state index contributed by atoms with van der Waals surface area (Å²) in [6, 6.07) is 7.51. The van der Waals surface area contributed by atoms with E-state index in [0.717, 1.165) is 10.0 Å². The number of nitrogens with one attached hydrogen (secondary N) is 1. The number of hydrogen-bond acceptors (Lipinski definition) is 3. The van der Waals surface area contributed by atoms with Gasteiger partial charge in [0.2, 0.25) is 5.91 Å². The number of carbonyl (C=O) groups excluding carboxylic acids is 2. The highest BCUT2D eigenvalue weighted by molar-refractivity contribution is 9.10. The Hall–Kier alpha value is -1.20. The van der Waals surface area contributed by atoms with Gasteiger partial charge in [0, 0.05) is 18.0 Å². The molecule has 4 nitrogen and oxygen atoms in total. The average molecular weight is 300 g/mol. The quantitative estimate of drug-likeness (QED) is 0.862. The predicted molar refractivity (Wildman–Crippen MR) is 67.7 cm³/mol. The molecule has 0 unspecified atom stereocenters. The van der Waals surface area contributed by atoms with Crippen LogP contribution in [0.1, 0.15) is 5.56 Å². The summed E-state index contributed by atoms with van der Waals surface area (Å²) in [6.07, 6.45) is 0.320. The minimum atomic E-state index is -0.281. The second-order valence-electron chi connectivity index (χ2n) is 3.55. The lowest BCUT2D eigenvalue weighted by atomic mass is 10.1. The van der Waals surface area contributed by atoms with Gasteiger partial charge in [-0.05, 0) is 17.7 Å². The van der Waals surface area contributed by atoms with Crippen molar-refractivity contribution in [3.05, 3.63) is 34.3 Å². The molecule has 0 saturated heterocycles. The van der Waals surface area contributed by atoms with Gasteiger partial charge in [-0.15, -0.1) is 0 Å². The van der Waals surface area contributed by atoms with Crippen molar-refractivity contribution in [2.75, 3.05) is 20.3 Å². The number of ketones is 1. The van der Waals surface area contributed by atoms with Crippen LogP contribution in [0.15, 0.2) is 28.7 Å². The number of methoxy groups -OCH3 is 1. The maximum atomic E-state index is 11.5. The number of hydrogen-bond donors (Lipinski definition) is 1. The molecule has 0 spiro atoms. The molecule has 0 atom stereocenters. The van der Waals surface area contributed by atoms with Gasteiger partial charge in [0.25, 0.3) is 0 Å². The molecule has 0 radical (unpaired) electrons. The van der Waals surface area contributed by atoms with Gasteiger partial charge in [-0.25, -0.2) is 0 Å². The minimum Gasteiger partial charge on any atom is -0.375 e. The first-order valence-corrected chi connectivity index (χ1v) is 5.93. The summed E-state index contributed by atoms with van der Waals surface area (Å²) >= 11 is 3.32. The monoisotopic (exact) mass is 299 g/mol. The zero-order chi connectivity index (χ0) is 12.7. The number of amides is 1. The maximum absolute atomic E-state index is 11.5. The smallest absolute Gasteiger partial charge is 0.246 e. The Labute approximate surface area is 108 Å². The molecule has 0 aliphatic rings. The van der Waals surface area contributed by atoms with E-state index in [-0.39, 0.29) is 24.8 Å². The minimum absolute atomic E-state index is 0.0223. The van der Waals surface area contributed by atoms with Gasteiger partial charge < -0.3 is 10.1 Å². The van der Waals surface area contributed by atoms with Crippen molar-refractivity contribution in [2.24, 2.45) is 0 Å². The summed E-state index contributed by atoms with van der Waals surface area (Å²) in [7, 11) is 1.43. The predicted octanol–water partition coefficient (Wildman–Crippen LogP) is 1.32. The Kier molecular flexibility index (Phi) is 5.86. The van der Waals surface area contributed by atoms with Gasteiger partial charge in [-0.3, -0.25) is 9.59 Å². The number of benzene rings is 1. The van der Waals surface area contributed by atoms with E-state index in [2.05, 4.69) is 26.0 Å². The van der Waals surface area contributed by atoms with Crippen LogP contribution in [-0.2, 0) is 20.7 Å². The van der Waals surface area contributed by atoms with Crippen LogP contribution in [-0.4, -0.2) is 32.0 Å². The molecule has 1 aromatic carbocycles. The standard InChI is InChI=1S/C12H14BrNO3/c1-17-8-12(16)14-7-11(15)6-9-2-4-10(13)5-3-9/h2-5H,6-8H2,1H3,(H,14,16). The highest BCUT2D eigenvalue weighted by atomic mass is 79.9. The summed E-state index contributed by atoms with van der Waals surface area (Å²) in [5.74, 6) is -0.312. The fraction of sp³-hybridized carbons (Fsp3) is 0.333. The van der Waals surface area contributed by atoms with Crippen LogP contribution in [0.5, 0.6) is 0 Å².